The Bertz CT molecular complexity index is 568. The van der Waals surface area contributed by atoms with Crippen LogP contribution in [0.2, 0.25) is 0 Å². The number of carbonyl (C=O) groups excluding carboxylic acids is 2. The minimum atomic E-state index is -5.06. The van der Waals surface area contributed by atoms with E-state index < -0.39 is 18.1 Å². The fourth-order valence-corrected chi connectivity index (χ4v) is 3.44. The molecule has 1 amide bonds. The second-order valence-corrected chi connectivity index (χ2v) is 5.69. The van der Waals surface area contributed by atoms with E-state index >= 15 is 0 Å². The van der Waals surface area contributed by atoms with Gasteiger partial charge in [0.1, 0.15) is 11.5 Å². The second-order valence-electron chi connectivity index (χ2n) is 4.58. The van der Waals surface area contributed by atoms with Crippen molar-refractivity contribution in [3.05, 3.63) is 16.0 Å². The Morgan fingerprint density at radius 3 is 2.60 bits per heavy atom. The fourth-order valence-electron chi connectivity index (χ4n) is 2.10. The average molecular weight is 308 g/mol. The first kappa shape index (κ1) is 14.8. The Morgan fingerprint density at radius 2 is 2.05 bits per heavy atom. The molecule has 1 aromatic rings. The number of nitrogens with one attached hydrogen (secondary N) is 2. The molecule has 0 fully saturated rings. The van der Waals surface area contributed by atoms with Gasteiger partial charge >= 0.3 is 12.1 Å². The van der Waals surface area contributed by atoms with Gasteiger partial charge in [0.15, 0.2) is 0 Å². The van der Waals surface area contributed by atoms with Crippen molar-refractivity contribution in [2.75, 3.05) is 18.9 Å². The van der Waals surface area contributed by atoms with Crippen molar-refractivity contribution < 1.29 is 32.8 Å². The van der Waals surface area contributed by atoms with Crippen LogP contribution in [0.4, 0.5) is 18.2 Å². The standard InChI is InChI=1S/C11H11F3N2O3S/c1-16-3-2-5-6(4-16)20-8(7(5)9(17)18)15-10(19)11(12,13)14/h2-4H2,1H3,(H,15,19)(H,17,18). The van der Waals surface area contributed by atoms with Crippen molar-refractivity contribution in [1.82, 2.24) is 0 Å². The third-order valence-electron chi connectivity index (χ3n) is 3.04. The molecule has 20 heavy (non-hydrogen) atoms. The summed E-state index contributed by atoms with van der Waals surface area (Å²) < 4.78 is 36.7. The Labute approximate surface area is 116 Å². The molecule has 1 aliphatic heterocycles. The molecule has 1 atom stereocenters. The van der Waals surface area contributed by atoms with Crippen molar-refractivity contribution >= 4 is 28.2 Å². The van der Waals surface area contributed by atoms with Crippen LogP contribution < -0.4 is 15.3 Å². The number of fused-ring (bicyclic) bond motifs is 1. The first-order chi connectivity index (χ1) is 9.20. The molecule has 1 aliphatic rings. The second kappa shape index (κ2) is 5.06. The van der Waals surface area contributed by atoms with Crippen molar-refractivity contribution in [1.29, 1.82) is 0 Å². The molecule has 9 heteroatoms. The molecule has 0 radical (unpaired) electrons. The largest absolute Gasteiger partial charge is 0.545 e. The third-order valence-corrected chi connectivity index (χ3v) is 4.19. The van der Waals surface area contributed by atoms with Crippen LogP contribution in [0.3, 0.4) is 0 Å². The zero-order valence-corrected chi connectivity index (χ0v) is 11.2. The number of carboxylic acid groups (broad SMARTS) is 1. The molecule has 110 valence electrons. The van der Waals surface area contributed by atoms with Gasteiger partial charge in [0.05, 0.1) is 24.4 Å². The Kier molecular flexibility index (Phi) is 3.74. The average Bonchev–Trinajstić information content (AvgIpc) is 2.64. The van der Waals surface area contributed by atoms with Crippen molar-refractivity contribution in [3.8, 4) is 0 Å². The summed E-state index contributed by atoms with van der Waals surface area (Å²) in [5.41, 5.74) is 0.146. The van der Waals surface area contributed by atoms with E-state index in [1.54, 1.807) is 5.32 Å². The van der Waals surface area contributed by atoms with Crippen LogP contribution in [0.25, 0.3) is 0 Å². The lowest BCUT2D eigenvalue weighted by molar-refractivity contribution is -0.895. The summed E-state index contributed by atoms with van der Waals surface area (Å²) in [6.07, 6.45) is -4.63. The van der Waals surface area contributed by atoms with E-state index in [1.807, 2.05) is 7.05 Å². The van der Waals surface area contributed by atoms with Crippen LogP contribution in [-0.4, -0.2) is 31.6 Å². The number of likely N-dealkylation sites (N-methyl/N-ethyl adjacent to an activating group) is 1. The number of carboxylic acids is 1. The molecule has 2 N–H and O–H groups in total. The summed E-state index contributed by atoms with van der Waals surface area (Å²) in [5.74, 6) is -3.75. The molecule has 0 saturated heterocycles. The lowest BCUT2D eigenvalue weighted by Crippen LogP contribution is -3.08. The number of rotatable bonds is 2. The number of carbonyl (C=O) groups is 2. The number of alkyl halides is 3. The van der Waals surface area contributed by atoms with Crippen LogP contribution in [0.5, 0.6) is 0 Å². The van der Waals surface area contributed by atoms with Crippen molar-refractivity contribution in [3.63, 3.8) is 0 Å². The highest BCUT2D eigenvalue weighted by atomic mass is 32.1. The molecule has 0 bridgehead atoms. The SMILES string of the molecule is C[NH+]1CCc2c(sc(NC(=O)C(F)(F)F)c2C(=O)[O-])C1. The lowest BCUT2D eigenvalue weighted by Gasteiger charge is -2.20. The molecule has 0 saturated carbocycles. The molecule has 0 spiro atoms. The highest BCUT2D eigenvalue weighted by molar-refractivity contribution is 7.16. The van der Waals surface area contributed by atoms with Gasteiger partial charge in [-0.05, 0) is 5.56 Å². The molecule has 1 aromatic heterocycles. The molecular formula is C11H11F3N2O3S. The van der Waals surface area contributed by atoms with Crippen molar-refractivity contribution in [2.45, 2.75) is 19.1 Å². The van der Waals surface area contributed by atoms with Gasteiger partial charge < -0.3 is 20.1 Å². The number of hydrogen-bond donors (Lipinski definition) is 2. The van der Waals surface area contributed by atoms with Gasteiger partial charge in [0.2, 0.25) is 0 Å². The van der Waals surface area contributed by atoms with Crippen LogP contribution in [0.15, 0.2) is 0 Å². The highest BCUT2D eigenvalue weighted by Crippen LogP contribution is 2.35. The summed E-state index contributed by atoms with van der Waals surface area (Å²) in [7, 11) is 1.90. The minimum absolute atomic E-state index is 0.299. The molecule has 1 unspecified atom stereocenters. The van der Waals surface area contributed by atoms with Gasteiger partial charge in [0, 0.05) is 12.0 Å². The molecule has 0 aromatic carbocycles. The summed E-state index contributed by atoms with van der Waals surface area (Å²) in [6, 6.07) is 0. The number of quaternary nitrogens is 1. The van der Waals surface area contributed by atoms with E-state index in [1.165, 1.54) is 0 Å². The van der Waals surface area contributed by atoms with E-state index in [9.17, 15) is 27.9 Å². The van der Waals surface area contributed by atoms with Gasteiger partial charge in [-0.1, -0.05) is 0 Å². The first-order valence-corrected chi connectivity index (χ1v) is 6.57. The molecule has 5 nitrogen and oxygen atoms in total. The number of anilines is 1. The van der Waals surface area contributed by atoms with Crippen LogP contribution in [0.1, 0.15) is 20.8 Å². The summed E-state index contributed by atoms with van der Waals surface area (Å²) in [4.78, 5) is 23.9. The maximum Gasteiger partial charge on any atom is 0.471 e. The van der Waals surface area contributed by atoms with E-state index in [-0.39, 0.29) is 10.6 Å². The predicted molar refractivity (Wildman–Crippen MR) is 62.5 cm³/mol. The van der Waals surface area contributed by atoms with E-state index in [0.717, 1.165) is 16.2 Å². The zero-order chi connectivity index (χ0) is 15.1. The molecule has 2 heterocycles. The van der Waals surface area contributed by atoms with Crippen LogP contribution in [-0.2, 0) is 17.8 Å². The smallest absolute Gasteiger partial charge is 0.471 e. The quantitative estimate of drug-likeness (QED) is 0.750. The molecule has 0 aliphatic carbocycles. The Morgan fingerprint density at radius 1 is 1.40 bits per heavy atom. The Hall–Kier alpha value is -1.61. The number of aromatic carboxylic acids is 1. The Balaban J connectivity index is 2.38. The number of hydrogen-bond acceptors (Lipinski definition) is 4. The topological polar surface area (TPSA) is 73.7 Å². The normalized spacial score (nSPS) is 18.5. The third kappa shape index (κ3) is 2.78. The first-order valence-electron chi connectivity index (χ1n) is 5.75. The van der Waals surface area contributed by atoms with Crippen LogP contribution in [0, 0.1) is 0 Å². The van der Waals surface area contributed by atoms with Gasteiger partial charge in [-0.25, -0.2) is 0 Å². The van der Waals surface area contributed by atoms with Crippen molar-refractivity contribution in [2.24, 2.45) is 0 Å². The van der Waals surface area contributed by atoms with Gasteiger partial charge in [0.25, 0.3) is 0 Å². The maximum absolute atomic E-state index is 12.2. The maximum atomic E-state index is 12.2. The predicted octanol–water partition coefficient (Wildman–Crippen LogP) is -0.817. The monoisotopic (exact) mass is 308 g/mol. The van der Waals surface area contributed by atoms with Gasteiger partial charge in [-0.15, -0.1) is 11.3 Å². The summed E-state index contributed by atoms with van der Waals surface area (Å²) in [5, 5.41) is 12.5. The fraction of sp³-hybridized carbons (Fsp3) is 0.455. The summed E-state index contributed by atoms with van der Waals surface area (Å²) >= 11 is 0.865. The number of halogens is 3. The molecular weight excluding hydrogens is 297 g/mol. The van der Waals surface area contributed by atoms with Crippen LogP contribution >= 0.6 is 11.3 Å². The van der Waals surface area contributed by atoms with E-state index in [4.69, 9.17) is 0 Å². The van der Waals surface area contributed by atoms with E-state index in [2.05, 4.69) is 0 Å². The van der Waals surface area contributed by atoms with Gasteiger partial charge in [-0.2, -0.15) is 13.2 Å². The van der Waals surface area contributed by atoms with E-state index in [0.29, 0.717) is 30.0 Å². The minimum Gasteiger partial charge on any atom is -0.545 e. The molecule has 2 rings (SSSR count). The number of thiophene rings is 1. The lowest BCUT2D eigenvalue weighted by atomic mass is 10.0. The zero-order valence-electron chi connectivity index (χ0n) is 10.4. The number of amides is 1. The summed E-state index contributed by atoms with van der Waals surface area (Å²) in [6.45, 7) is 1.19. The van der Waals surface area contributed by atoms with Gasteiger partial charge in [-0.3, -0.25) is 4.79 Å². The highest BCUT2D eigenvalue weighted by Gasteiger charge is 2.40.